The summed E-state index contributed by atoms with van der Waals surface area (Å²) in [5.41, 5.74) is 10.7. The van der Waals surface area contributed by atoms with E-state index in [0.29, 0.717) is 6.42 Å². The molecular formula is C21H38N4O6. The van der Waals surface area contributed by atoms with E-state index in [2.05, 4.69) is 4.98 Å². The zero-order chi connectivity index (χ0) is 24.0. The summed E-state index contributed by atoms with van der Waals surface area (Å²) in [6.07, 6.45) is 1.17. The van der Waals surface area contributed by atoms with Gasteiger partial charge >= 0.3 is 17.6 Å². The molecule has 10 heteroatoms. The summed E-state index contributed by atoms with van der Waals surface area (Å²) < 4.78 is 17.2. The summed E-state index contributed by atoms with van der Waals surface area (Å²) in [4.78, 5) is 39.3. The molecule has 1 rings (SSSR count). The van der Waals surface area contributed by atoms with Crippen molar-refractivity contribution >= 4 is 17.8 Å². The molecule has 2 unspecified atom stereocenters. The van der Waals surface area contributed by atoms with Crippen molar-refractivity contribution in [3.8, 4) is 0 Å². The molecule has 1 aromatic heterocycles. The van der Waals surface area contributed by atoms with Crippen LogP contribution in [0.4, 0.5) is 5.82 Å². The molecule has 4 N–H and O–H groups in total. The minimum Gasteiger partial charge on any atom is -0.464 e. The zero-order valence-electron chi connectivity index (χ0n) is 19.5. The number of esters is 2. The second kappa shape index (κ2) is 15.4. The first-order valence-electron chi connectivity index (χ1n) is 10.7. The first-order valence-corrected chi connectivity index (χ1v) is 10.7. The van der Waals surface area contributed by atoms with Crippen LogP contribution in [0.2, 0.25) is 0 Å². The van der Waals surface area contributed by atoms with E-state index in [4.69, 9.17) is 25.7 Å². The number of hydrogen-bond donors (Lipinski definition) is 2. The fourth-order valence-electron chi connectivity index (χ4n) is 2.31. The predicted octanol–water partition coefficient (Wildman–Crippen LogP) is 1.87. The van der Waals surface area contributed by atoms with Gasteiger partial charge in [0.05, 0.1) is 13.2 Å². The van der Waals surface area contributed by atoms with Crippen LogP contribution in [0.25, 0.3) is 0 Å². The Bertz CT molecular complexity index is 720. The quantitative estimate of drug-likeness (QED) is 0.365. The Balaban J connectivity index is 0.00000436. The molecule has 0 aromatic carbocycles. The van der Waals surface area contributed by atoms with Crippen molar-refractivity contribution in [1.82, 2.24) is 9.55 Å². The number of nitrogen functional groups attached to an aromatic ring is 1. The van der Waals surface area contributed by atoms with E-state index in [1.807, 2.05) is 41.5 Å². The Morgan fingerprint density at radius 2 is 1.74 bits per heavy atom. The van der Waals surface area contributed by atoms with Crippen LogP contribution in [0.3, 0.4) is 0 Å². The number of nitrogens with zero attached hydrogens (tertiary/aromatic N) is 2. The molecule has 0 aliphatic rings. The van der Waals surface area contributed by atoms with Crippen molar-refractivity contribution in [1.29, 1.82) is 0 Å². The fraction of sp³-hybridized carbons (Fsp3) is 0.714. The van der Waals surface area contributed by atoms with Crippen molar-refractivity contribution in [3.05, 3.63) is 22.7 Å². The van der Waals surface area contributed by atoms with Crippen LogP contribution in [0.15, 0.2) is 17.1 Å². The summed E-state index contributed by atoms with van der Waals surface area (Å²) in [5.74, 6) is -0.615. The summed E-state index contributed by atoms with van der Waals surface area (Å²) in [6, 6.07) is 0.733. The molecule has 1 aromatic rings. The van der Waals surface area contributed by atoms with Crippen molar-refractivity contribution in [2.24, 2.45) is 17.6 Å². The van der Waals surface area contributed by atoms with E-state index >= 15 is 0 Å². The van der Waals surface area contributed by atoms with Gasteiger partial charge in [0.1, 0.15) is 24.7 Å². The maximum Gasteiger partial charge on any atom is 0.351 e. The highest BCUT2D eigenvalue weighted by Gasteiger charge is 2.20. The van der Waals surface area contributed by atoms with Crippen LogP contribution < -0.4 is 17.2 Å². The molecule has 0 spiro atoms. The summed E-state index contributed by atoms with van der Waals surface area (Å²) >= 11 is 0. The van der Waals surface area contributed by atoms with Gasteiger partial charge in [-0.1, -0.05) is 41.5 Å². The smallest absolute Gasteiger partial charge is 0.351 e. The van der Waals surface area contributed by atoms with Crippen molar-refractivity contribution in [3.63, 3.8) is 0 Å². The maximum absolute atomic E-state index is 12.1. The lowest BCUT2D eigenvalue weighted by molar-refractivity contribution is -0.151. The maximum atomic E-state index is 12.1. The van der Waals surface area contributed by atoms with Gasteiger partial charge in [-0.05, 0) is 17.9 Å². The normalized spacial score (nSPS) is 12.7. The predicted molar refractivity (Wildman–Crippen MR) is 118 cm³/mol. The van der Waals surface area contributed by atoms with Crippen LogP contribution in [0.5, 0.6) is 0 Å². The van der Waals surface area contributed by atoms with Crippen LogP contribution in [0, 0.1) is 11.8 Å². The third-order valence-corrected chi connectivity index (χ3v) is 3.99. The van der Waals surface area contributed by atoms with E-state index in [1.165, 1.54) is 16.8 Å². The second-order valence-corrected chi connectivity index (χ2v) is 7.41. The lowest BCUT2D eigenvalue weighted by Gasteiger charge is -2.21. The minimum atomic E-state index is -0.775. The van der Waals surface area contributed by atoms with Gasteiger partial charge in [0.15, 0.2) is 0 Å². The van der Waals surface area contributed by atoms with Gasteiger partial charge < -0.3 is 25.7 Å². The van der Waals surface area contributed by atoms with E-state index in [1.54, 1.807) is 0 Å². The molecule has 10 nitrogen and oxygen atoms in total. The molecule has 31 heavy (non-hydrogen) atoms. The largest absolute Gasteiger partial charge is 0.464 e. The number of carbonyl (C=O) groups excluding carboxylic acids is 2. The molecule has 1 heterocycles. The molecule has 0 bridgehead atoms. The fourth-order valence-corrected chi connectivity index (χ4v) is 2.31. The van der Waals surface area contributed by atoms with E-state index in [0.717, 1.165) is 0 Å². The SMILES string of the molecule is CC.CC(C)CC(=O)OCCOC(CCOC(=O)C(N)C(C)C)n1ccc(N)nc1=O. The molecular weight excluding hydrogens is 404 g/mol. The second-order valence-electron chi connectivity index (χ2n) is 7.41. The highest BCUT2D eigenvalue weighted by Crippen LogP contribution is 2.13. The zero-order valence-corrected chi connectivity index (χ0v) is 19.5. The van der Waals surface area contributed by atoms with Gasteiger partial charge in [-0.3, -0.25) is 14.2 Å². The number of hydrogen-bond acceptors (Lipinski definition) is 9. The van der Waals surface area contributed by atoms with Crippen molar-refractivity contribution < 1.29 is 23.8 Å². The summed E-state index contributed by atoms with van der Waals surface area (Å²) in [7, 11) is 0. The molecule has 0 saturated carbocycles. The van der Waals surface area contributed by atoms with Crippen LogP contribution in [-0.2, 0) is 23.8 Å². The van der Waals surface area contributed by atoms with Gasteiger partial charge in [0.25, 0.3) is 0 Å². The van der Waals surface area contributed by atoms with Gasteiger partial charge in [-0.15, -0.1) is 0 Å². The monoisotopic (exact) mass is 442 g/mol. The number of anilines is 1. The Morgan fingerprint density at radius 3 is 2.29 bits per heavy atom. The Labute approximate surface area is 184 Å². The molecule has 0 saturated heterocycles. The van der Waals surface area contributed by atoms with Crippen molar-refractivity contribution in [2.75, 3.05) is 25.6 Å². The first-order chi connectivity index (χ1) is 14.6. The number of ether oxygens (including phenoxy) is 3. The molecule has 2 atom stereocenters. The van der Waals surface area contributed by atoms with E-state index in [-0.39, 0.29) is 49.9 Å². The first kappa shape index (κ1) is 28.5. The third kappa shape index (κ3) is 11.5. The van der Waals surface area contributed by atoms with Gasteiger partial charge in [-0.2, -0.15) is 4.98 Å². The molecule has 0 amide bonds. The molecule has 0 aliphatic carbocycles. The third-order valence-electron chi connectivity index (χ3n) is 3.99. The molecule has 178 valence electrons. The Morgan fingerprint density at radius 1 is 1.10 bits per heavy atom. The lowest BCUT2D eigenvalue weighted by Crippen LogP contribution is -2.37. The molecule has 0 fully saturated rings. The minimum absolute atomic E-state index is 0.00608. The Kier molecular flexibility index (Phi) is 14.1. The molecule has 0 aliphatic heterocycles. The number of carbonyl (C=O) groups is 2. The highest BCUT2D eigenvalue weighted by atomic mass is 16.6. The van der Waals surface area contributed by atoms with Crippen LogP contribution in [-0.4, -0.2) is 47.4 Å². The topological polar surface area (TPSA) is 149 Å². The summed E-state index contributed by atoms with van der Waals surface area (Å²) in [5, 5.41) is 0. The van der Waals surface area contributed by atoms with E-state index in [9.17, 15) is 14.4 Å². The number of nitrogens with two attached hydrogens (primary N) is 2. The lowest BCUT2D eigenvalue weighted by atomic mass is 10.1. The molecule has 0 radical (unpaired) electrons. The number of rotatable bonds is 12. The average Bonchev–Trinajstić information content (AvgIpc) is 2.70. The average molecular weight is 443 g/mol. The van der Waals surface area contributed by atoms with Gasteiger partial charge in [0, 0.05) is 19.0 Å². The van der Waals surface area contributed by atoms with Crippen molar-refractivity contribution in [2.45, 2.75) is 66.7 Å². The van der Waals surface area contributed by atoms with Crippen LogP contribution >= 0.6 is 0 Å². The van der Waals surface area contributed by atoms with Gasteiger partial charge in [-0.25, -0.2) is 4.79 Å². The van der Waals surface area contributed by atoms with Crippen LogP contribution in [0.1, 0.15) is 60.6 Å². The number of aromatic nitrogens is 2. The highest BCUT2D eigenvalue weighted by molar-refractivity contribution is 5.75. The van der Waals surface area contributed by atoms with Gasteiger partial charge in [0.2, 0.25) is 0 Å². The standard InChI is InChI=1S/C19H32N4O6.C2H6/c1-12(2)11-16(24)28-10-9-27-15(23-7-5-14(20)22-19(23)26)6-8-29-18(25)17(21)13(3)4;1-2/h5,7,12-13,15,17H,6,8-11,21H2,1-4H3,(H2,20,22,26);1-2H3. The summed E-state index contributed by atoms with van der Waals surface area (Å²) in [6.45, 7) is 11.6. The van der Waals surface area contributed by atoms with E-state index < -0.39 is 23.9 Å². The Hall–Kier alpha value is -2.46.